The van der Waals surface area contributed by atoms with Crippen molar-refractivity contribution < 1.29 is 23.8 Å². The Morgan fingerprint density at radius 2 is 2.06 bits per heavy atom. The summed E-state index contributed by atoms with van der Waals surface area (Å²) in [5.74, 6) is 0.803. The van der Waals surface area contributed by atoms with Gasteiger partial charge in [-0.25, -0.2) is 0 Å². The van der Waals surface area contributed by atoms with Crippen molar-refractivity contribution in [2.75, 3.05) is 13.9 Å². The highest BCUT2D eigenvalue weighted by molar-refractivity contribution is 5.95. The first-order chi connectivity index (χ1) is 8.69. The summed E-state index contributed by atoms with van der Waals surface area (Å²) in [5, 5.41) is 0. The Morgan fingerprint density at radius 3 is 2.83 bits per heavy atom. The van der Waals surface area contributed by atoms with Crippen molar-refractivity contribution in [1.29, 1.82) is 0 Å². The molecule has 1 aromatic carbocycles. The SMILES string of the molecule is COC(=O)CC(=O)CCc1ccc2c(c1)OCO2. The molecular formula is C13H14O5. The van der Waals surface area contributed by atoms with Crippen LogP contribution in [-0.2, 0) is 20.7 Å². The fourth-order valence-electron chi connectivity index (χ4n) is 1.70. The number of aryl methyl sites for hydroxylation is 1. The molecule has 0 aromatic heterocycles. The molecular weight excluding hydrogens is 236 g/mol. The first-order valence-electron chi connectivity index (χ1n) is 5.66. The Labute approximate surface area is 105 Å². The van der Waals surface area contributed by atoms with E-state index in [9.17, 15) is 9.59 Å². The summed E-state index contributed by atoms with van der Waals surface area (Å²) in [4.78, 5) is 22.4. The van der Waals surface area contributed by atoms with Crippen LogP contribution in [0.25, 0.3) is 0 Å². The van der Waals surface area contributed by atoms with Crippen LogP contribution in [0, 0.1) is 0 Å². The molecule has 2 rings (SSSR count). The first kappa shape index (κ1) is 12.4. The fourth-order valence-corrected chi connectivity index (χ4v) is 1.70. The van der Waals surface area contributed by atoms with E-state index in [2.05, 4.69) is 4.74 Å². The lowest BCUT2D eigenvalue weighted by Gasteiger charge is -2.02. The van der Waals surface area contributed by atoms with E-state index >= 15 is 0 Å². The minimum Gasteiger partial charge on any atom is -0.469 e. The quantitative estimate of drug-likeness (QED) is 0.585. The maximum atomic E-state index is 11.5. The summed E-state index contributed by atoms with van der Waals surface area (Å²) in [6.45, 7) is 0.236. The van der Waals surface area contributed by atoms with Crippen LogP contribution in [0.3, 0.4) is 0 Å². The number of carbonyl (C=O) groups excluding carboxylic acids is 2. The van der Waals surface area contributed by atoms with Gasteiger partial charge in [-0.1, -0.05) is 6.07 Å². The van der Waals surface area contributed by atoms with E-state index in [1.807, 2.05) is 18.2 Å². The van der Waals surface area contributed by atoms with Gasteiger partial charge in [0.25, 0.3) is 0 Å². The highest BCUT2D eigenvalue weighted by Crippen LogP contribution is 2.32. The molecule has 0 unspecified atom stereocenters. The molecule has 1 aliphatic heterocycles. The lowest BCUT2D eigenvalue weighted by Crippen LogP contribution is -2.09. The van der Waals surface area contributed by atoms with E-state index in [-0.39, 0.29) is 19.0 Å². The van der Waals surface area contributed by atoms with Gasteiger partial charge in [-0.05, 0) is 24.1 Å². The number of Topliss-reactive ketones (excluding diaryl/α,β-unsaturated/α-hetero) is 1. The van der Waals surface area contributed by atoms with Gasteiger partial charge in [-0.3, -0.25) is 9.59 Å². The van der Waals surface area contributed by atoms with Crippen LogP contribution in [0.2, 0.25) is 0 Å². The van der Waals surface area contributed by atoms with E-state index in [0.717, 1.165) is 11.3 Å². The topological polar surface area (TPSA) is 61.8 Å². The van der Waals surface area contributed by atoms with Crippen LogP contribution >= 0.6 is 0 Å². The van der Waals surface area contributed by atoms with Gasteiger partial charge in [0.1, 0.15) is 12.2 Å². The Balaban J connectivity index is 1.87. The molecule has 0 bridgehead atoms. The monoisotopic (exact) mass is 250 g/mol. The summed E-state index contributed by atoms with van der Waals surface area (Å²) in [6, 6.07) is 5.56. The van der Waals surface area contributed by atoms with Crippen LogP contribution < -0.4 is 9.47 Å². The van der Waals surface area contributed by atoms with Crippen molar-refractivity contribution in [1.82, 2.24) is 0 Å². The van der Waals surface area contributed by atoms with Crippen LogP contribution in [0.15, 0.2) is 18.2 Å². The average molecular weight is 250 g/mol. The third-order valence-corrected chi connectivity index (χ3v) is 2.70. The Kier molecular flexibility index (Phi) is 3.82. The zero-order valence-corrected chi connectivity index (χ0v) is 10.1. The molecule has 5 nitrogen and oxygen atoms in total. The molecule has 0 radical (unpaired) electrons. The molecule has 96 valence electrons. The Morgan fingerprint density at radius 1 is 1.28 bits per heavy atom. The molecule has 0 saturated carbocycles. The number of hydrogen-bond acceptors (Lipinski definition) is 5. The molecule has 0 saturated heterocycles. The number of fused-ring (bicyclic) bond motifs is 1. The molecule has 1 heterocycles. The van der Waals surface area contributed by atoms with E-state index in [4.69, 9.17) is 9.47 Å². The smallest absolute Gasteiger partial charge is 0.313 e. The third-order valence-electron chi connectivity index (χ3n) is 2.70. The first-order valence-corrected chi connectivity index (χ1v) is 5.66. The third kappa shape index (κ3) is 3.00. The predicted molar refractivity (Wildman–Crippen MR) is 62.5 cm³/mol. The summed E-state index contributed by atoms with van der Waals surface area (Å²) in [5.41, 5.74) is 0.984. The zero-order chi connectivity index (χ0) is 13.0. The fraction of sp³-hybridized carbons (Fsp3) is 0.385. The number of esters is 1. The van der Waals surface area contributed by atoms with Gasteiger partial charge >= 0.3 is 5.97 Å². The molecule has 5 heteroatoms. The molecule has 0 atom stereocenters. The van der Waals surface area contributed by atoms with Crippen LogP contribution in [0.5, 0.6) is 11.5 Å². The molecule has 0 aliphatic carbocycles. The second kappa shape index (κ2) is 5.53. The van der Waals surface area contributed by atoms with Gasteiger partial charge in [-0.2, -0.15) is 0 Å². The lowest BCUT2D eigenvalue weighted by atomic mass is 10.1. The van der Waals surface area contributed by atoms with Crippen LogP contribution in [0.1, 0.15) is 18.4 Å². The van der Waals surface area contributed by atoms with Crippen molar-refractivity contribution in [2.24, 2.45) is 0 Å². The van der Waals surface area contributed by atoms with E-state index in [1.165, 1.54) is 7.11 Å². The second-order valence-electron chi connectivity index (χ2n) is 3.98. The van der Waals surface area contributed by atoms with Gasteiger partial charge in [0.15, 0.2) is 11.5 Å². The number of rotatable bonds is 5. The Bertz CT molecular complexity index is 466. The van der Waals surface area contributed by atoms with Crippen molar-refractivity contribution in [2.45, 2.75) is 19.3 Å². The predicted octanol–water partition coefficient (Wildman–Crippen LogP) is 1.48. The summed E-state index contributed by atoms with van der Waals surface area (Å²) in [7, 11) is 1.27. The van der Waals surface area contributed by atoms with Crippen LogP contribution in [-0.4, -0.2) is 25.7 Å². The van der Waals surface area contributed by atoms with E-state index < -0.39 is 5.97 Å². The minimum atomic E-state index is -0.495. The second-order valence-corrected chi connectivity index (χ2v) is 3.98. The highest BCUT2D eigenvalue weighted by Gasteiger charge is 2.14. The molecule has 0 N–H and O–H groups in total. The normalized spacial score (nSPS) is 12.3. The molecule has 0 amide bonds. The highest BCUT2D eigenvalue weighted by atomic mass is 16.7. The minimum absolute atomic E-state index is 0.125. The molecule has 1 aromatic rings. The molecule has 1 aliphatic rings. The van der Waals surface area contributed by atoms with Gasteiger partial charge < -0.3 is 14.2 Å². The summed E-state index contributed by atoms with van der Waals surface area (Å²) in [6.07, 6.45) is 0.724. The number of benzene rings is 1. The number of methoxy groups -OCH3 is 1. The van der Waals surface area contributed by atoms with Gasteiger partial charge in [-0.15, -0.1) is 0 Å². The van der Waals surface area contributed by atoms with Crippen molar-refractivity contribution in [3.05, 3.63) is 23.8 Å². The Hall–Kier alpha value is -2.04. The number of carbonyl (C=O) groups is 2. The van der Waals surface area contributed by atoms with Crippen molar-refractivity contribution in [3.8, 4) is 11.5 Å². The summed E-state index contributed by atoms with van der Waals surface area (Å²) >= 11 is 0. The molecule has 18 heavy (non-hydrogen) atoms. The standard InChI is InChI=1S/C13H14O5/c1-16-13(15)7-10(14)4-2-9-3-5-11-12(6-9)18-8-17-11/h3,5-6H,2,4,7-8H2,1H3. The van der Waals surface area contributed by atoms with Crippen molar-refractivity contribution in [3.63, 3.8) is 0 Å². The zero-order valence-electron chi connectivity index (χ0n) is 10.1. The van der Waals surface area contributed by atoms with Gasteiger partial charge in [0, 0.05) is 6.42 Å². The number of ketones is 1. The largest absolute Gasteiger partial charge is 0.469 e. The molecule has 0 fully saturated rings. The molecule has 0 spiro atoms. The van der Waals surface area contributed by atoms with E-state index in [0.29, 0.717) is 18.6 Å². The number of hydrogen-bond donors (Lipinski definition) is 0. The van der Waals surface area contributed by atoms with Gasteiger partial charge in [0.05, 0.1) is 7.11 Å². The van der Waals surface area contributed by atoms with Crippen LogP contribution in [0.4, 0.5) is 0 Å². The average Bonchev–Trinajstić information content (AvgIpc) is 2.83. The van der Waals surface area contributed by atoms with Crippen molar-refractivity contribution >= 4 is 11.8 Å². The maximum Gasteiger partial charge on any atom is 0.313 e. The number of ether oxygens (including phenoxy) is 3. The van der Waals surface area contributed by atoms with Gasteiger partial charge in [0.2, 0.25) is 6.79 Å². The maximum absolute atomic E-state index is 11.5. The summed E-state index contributed by atoms with van der Waals surface area (Å²) < 4.78 is 14.9. The van der Waals surface area contributed by atoms with E-state index in [1.54, 1.807) is 0 Å². The lowest BCUT2D eigenvalue weighted by molar-refractivity contribution is -0.143.